The normalized spacial score (nSPS) is 15.8. The molecule has 0 radical (unpaired) electrons. The van der Waals surface area contributed by atoms with Crippen LogP contribution in [0, 0.1) is 12.8 Å². The summed E-state index contributed by atoms with van der Waals surface area (Å²) in [5, 5.41) is 0. The summed E-state index contributed by atoms with van der Waals surface area (Å²) in [5.41, 5.74) is 5.60. The number of rotatable bonds is 7. The summed E-state index contributed by atoms with van der Waals surface area (Å²) >= 11 is 0. The Kier molecular flexibility index (Phi) is 5.48. The van der Waals surface area contributed by atoms with Crippen LogP contribution in [-0.2, 0) is 4.79 Å². The van der Waals surface area contributed by atoms with Gasteiger partial charge >= 0.3 is 0 Å². The number of aryl methyl sites for hydroxylation is 1. The highest BCUT2D eigenvalue weighted by Gasteiger charge is 2.24. The summed E-state index contributed by atoms with van der Waals surface area (Å²) in [4.78, 5) is 15.9. The number of nitrogens with zero attached hydrogens (tertiary/aromatic N) is 1. The molecule has 1 aliphatic carbocycles. The Bertz CT molecular complexity index is 633. The summed E-state index contributed by atoms with van der Waals surface area (Å²) in [6.45, 7) is 10.0. The maximum atomic E-state index is 11.2. The molecule has 0 heterocycles. The summed E-state index contributed by atoms with van der Waals surface area (Å²) in [6.07, 6.45) is 5.68. The van der Waals surface area contributed by atoms with Crippen LogP contribution in [0.1, 0.15) is 50.7 Å². The maximum absolute atomic E-state index is 11.2. The van der Waals surface area contributed by atoms with Gasteiger partial charge in [-0.3, -0.25) is 4.99 Å². The number of carbonyl (C=O) groups excluding carboxylic acids is 1. The van der Waals surface area contributed by atoms with Crippen molar-refractivity contribution in [2.75, 3.05) is 0 Å². The smallest absolute Gasteiger partial charge is 0.130 e. The van der Waals surface area contributed by atoms with E-state index in [1.54, 1.807) is 6.92 Å². The molecule has 1 aliphatic rings. The molecule has 1 aromatic rings. The van der Waals surface area contributed by atoms with Gasteiger partial charge < -0.3 is 4.79 Å². The van der Waals surface area contributed by atoms with Crippen LogP contribution < -0.4 is 0 Å². The molecule has 0 unspecified atom stereocenters. The quantitative estimate of drug-likeness (QED) is 0.506. The Balaban J connectivity index is 2.29. The van der Waals surface area contributed by atoms with E-state index in [-0.39, 0.29) is 5.78 Å². The molecule has 0 atom stereocenters. The minimum Gasteiger partial charge on any atom is -0.300 e. The molecule has 2 nitrogen and oxygen atoms in total. The molecule has 0 aliphatic heterocycles. The Morgan fingerprint density at radius 1 is 1.27 bits per heavy atom. The monoisotopic (exact) mass is 295 g/mol. The summed E-state index contributed by atoms with van der Waals surface area (Å²) in [6, 6.07) is 8.26. The molecular weight excluding hydrogens is 270 g/mol. The molecule has 0 bridgehead atoms. The van der Waals surface area contributed by atoms with Crippen molar-refractivity contribution in [2.24, 2.45) is 10.9 Å². The molecule has 1 saturated carbocycles. The molecule has 1 aromatic carbocycles. The van der Waals surface area contributed by atoms with Crippen LogP contribution in [0.5, 0.6) is 0 Å². The fourth-order valence-electron chi connectivity index (χ4n) is 2.46. The number of hydrogen-bond acceptors (Lipinski definition) is 2. The van der Waals surface area contributed by atoms with Crippen molar-refractivity contribution in [3.8, 4) is 0 Å². The molecule has 2 heteroatoms. The van der Waals surface area contributed by atoms with Crippen molar-refractivity contribution in [1.82, 2.24) is 0 Å². The van der Waals surface area contributed by atoms with Crippen molar-refractivity contribution in [3.63, 3.8) is 0 Å². The van der Waals surface area contributed by atoms with E-state index < -0.39 is 0 Å². The van der Waals surface area contributed by atoms with E-state index in [4.69, 9.17) is 0 Å². The number of Topliss-reactive ketones (excluding diaryl/α,β-unsaturated/α-hetero) is 1. The van der Waals surface area contributed by atoms with Crippen molar-refractivity contribution in [2.45, 2.75) is 46.5 Å². The average Bonchev–Trinajstić information content (AvgIpc) is 3.31. The maximum Gasteiger partial charge on any atom is 0.130 e. The predicted molar refractivity (Wildman–Crippen MR) is 94.0 cm³/mol. The molecule has 0 amide bonds. The third-order valence-corrected chi connectivity index (χ3v) is 4.16. The van der Waals surface area contributed by atoms with Gasteiger partial charge in [0, 0.05) is 23.9 Å². The van der Waals surface area contributed by atoms with E-state index in [2.05, 4.69) is 37.6 Å². The van der Waals surface area contributed by atoms with Crippen LogP contribution in [0.15, 0.2) is 47.6 Å². The van der Waals surface area contributed by atoms with Crippen LogP contribution in [0.3, 0.4) is 0 Å². The first-order chi connectivity index (χ1) is 10.5. The predicted octanol–water partition coefficient (Wildman–Crippen LogP) is 5.13. The Hall–Kier alpha value is -1.96. The van der Waals surface area contributed by atoms with E-state index >= 15 is 0 Å². The number of benzene rings is 1. The van der Waals surface area contributed by atoms with E-state index in [0.717, 1.165) is 16.7 Å². The third kappa shape index (κ3) is 4.52. The average molecular weight is 295 g/mol. The van der Waals surface area contributed by atoms with Crippen molar-refractivity contribution in [1.29, 1.82) is 0 Å². The molecule has 116 valence electrons. The van der Waals surface area contributed by atoms with Gasteiger partial charge in [-0.05, 0) is 62.7 Å². The summed E-state index contributed by atoms with van der Waals surface area (Å²) < 4.78 is 0. The van der Waals surface area contributed by atoms with E-state index in [1.165, 1.54) is 24.1 Å². The van der Waals surface area contributed by atoms with Gasteiger partial charge in [-0.1, -0.05) is 30.8 Å². The Labute approximate surface area is 133 Å². The van der Waals surface area contributed by atoms with Crippen molar-refractivity contribution >= 4 is 17.1 Å². The number of allylic oxidation sites excluding steroid dienone is 2. The minimum atomic E-state index is 0.197. The van der Waals surface area contributed by atoms with Gasteiger partial charge in [-0.15, -0.1) is 0 Å². The third-order valence-electron chi connectivity index (χ3n) is 4.16. The fourth-order valence-corrected chi connectivity index (χ4v) is 2.46. The van der Waals surface area contributed by atoms with Crippen molar-refractivity contribution < 1.29 is 4.79 Å². The van der Waals surface area contributed by atoms with E-state index in [1.807, 2.05) is 18.3 Å². The van der Waals surface area contributed by atoms with Gasteiger partial charge in [0.15, 0.2) is 0 Å². The Morgan fingerprint density at radius 3 is 2.55 bits per heavy atom. The molecule has 22 heavy (non-hydrogen) atoms. The molecule has 0 saturated heterocycles. The summed E-state index contributed by atoms with van der Waals surface area (Å²) in [7, 11) is 0. The zero-order valence-electron chi connectivity index (χ0n) is 13.9. The zero-order chi connectivity index (χ0) is 16.1. The minimum absolute atomic E-state index is 0.197. The van der Waals surface area contributed by atoms with Gasteiger partial charge in [-0.25, -0.2) is 0 Å². The van der Waals surface area contributed by atoms with Crippen LogP contribution in [-0.4, -0.2) is 11.5 Å². The highest BCUT2D eigenvalue weighted by atomic mass is 16.1. The van der Waals surface area contributed by atoms with Crippen LogP contribution >= 0.6 is 0 Å². The van der Waals surface area contributed by atoms with Gasteiger partial charge in [0.05, 0.1) is 0 Å². The van der Waals surface area contributed by atoms with E-state index in [0.29, 0.717) is 18.8 Å². The lowest BCUT2D eigenvalue weighted by molar-refractivity contribution is -0.116. The highest BCUT2D eigenvalue weighted by Crippen LogP contribution is 2.32. The molecule has 0 N–H and O–H groups in total. The second-order valence-electron chi connectivity index (χ2n) is 6.21. The molecule has 0 aromatic heterocycles. The van der Waals surface area contributed by atoms with Gasteiger partial charge in [-0.2, -0.15) is 0 Å². The molecule has 2 rings (SSSR count). The zero-order valence-corrected chi connectivity index (χ0v) is 13.9. The SMILES string of the molecule is C=C(CCC(C)=O)/C(=C\N=C(/C)C1CC1)c1ccccc1C. The lowest BCUT2D eigenvalue weighted by atomic mass is 9.93. The fraction of sp³-hybridized carbons (Fsp3) is 0.400. The first kappa shape index (κ1) is 16.4. The first-order valence-electron chi connectivity index (χ1n) is 7.97. The highest BCUT2D eigenvalue weighted by molar-refractivity contribution is 5.89. The molecular formula is C20H25NO. The second kappa shape index (κ2) is 7.35. The molecule has 0 spiro atoms. The van der Waals surface area contributed by atoms with Crippen molar-refractivity contribution in [3.05, 3.63) is 53.7 Å². The standard InChI is InChI=1S/C20H25NO/c1-14-7-5-6-8-19(14)20(15(2)9-10-16(3)22)13-21-17(4)18-11-12-18/h5-8,13,18H,2,9-12H2,1,3-4H3/b20-13+,21-17+. The largest absolute Gasteiger partial charge is 0.300 e. The molecule has 1 fully saturated rings. The Morgan fingerprint density at radius 2 is 1.95 bits per heavy atom. The summed E-state index contributed by atoms with van der Waals surface area (Å²) in [5.74, 6) is 0.864. The van der Waals surface area contributed by atoms with Crippen LogP contribution in [0.4, 0.5) is 0 Å². The van der Waals surface area contributed by atoms with Crippen LogP contribution in [0.25, 0.3) is 5.57 Å². The van der Waals surface area contributed by atoms with Gasteiger partial charge in [0.25, 0.3) is 0 Å². The number of carbonyl (C=O) groups is 1. The van der Waals surface area contributed by atoms with Gasteiger partial charge in [0.1, 0.15) is 5.78 Å². The number of aliphatic imine (C=N–C) groups is 1. The van der Waals surface area contributed by atoms with Crippen LogP contribution in [0.2, 0.25) is 0 Å². The second-order valence-corrected chi connectivity index (χ2v) is 6.21. The lowest BCUT2D eigenvalue weighted by Crippen LogP contribution is -1.97. The lowest BCUT2D eigenvalue weighted by Gasteiger charge is -2.13. The topological polar surface area (TPSA) is 29.4 Å². The first-order valence-corrected chi connectivity index (χ1v) is 7.97. The van der Waals surface area contributed by atoms with Gasteiger partial charge in [0.2, 0.25) is 0 Å². The number of ketones is 1. The van der Waals surface area contributed by atoms with E-state index in [9.17, 15) is 4.79 Å². The number of hydrogen-bond donors (Lipinski definition) is 0.